The number of amides is 1. The van der Waals surface area contributed by atoms with Crippen LogP contribution < -0.4 is 5.32 Å². The Morgan fingerprint density at radius 1 is 0.950 bits per heavy atom. The Labute approximate surface area is 122 Å². The lowest BCUT2D eigenvalue weighted by Crippen LogP contribution is -2.43. The van der Waals surface area contributed by atoms with E-state index in [1.807, 2.05) is 0 Å². The predicted octanol–water partition coefficient (Wildman–Crippen LogP) is 2.56. The summed E-state index contributed by atoms with van der Waals surface area (Å²) in [7, 11) is 0. The first-order valence-electron chi connectivity index (χ1n) is 8.86. The van der Waals surface area contributed by atoms with E-state index in [0.29, 0.717) is 17.9 Å². The van der Waals surface area contributed by atoms with Gasteiger partial charge in [0.1, 0.15) is 0 Å². The molecule has 4 fully saturated rings. The minimum atomic E-state index is 0.358. The van der Waals surface area contributed by atoms with Crippen LogP contribution in [-0.2, 0) is 4.79 Å². The Hall–Kier alpha value is -0.570. The van der Waals surface area contributed by atoms with Gasteiger partial charge in [0.05, 0.1) is 0 Å². The molecule has 0 aromatic carbocycles. The van der Waals surface area contributed by atoms with Crippen LogP contribution >= 0.6 is 0 Å². The summed E-state index contributed by atoms with van der Waals surface area (Å²) in [5.74, 6) is 2.74. The van der Waals surface area contributed by atoms with E-state index in [9.17, 15) is 4.79 Å². The predicted molar refractivity (Wildman–Crippen MR) is 79.3 cm³/mol. The van der Waals surface area contributed by atoms with Gasteiger partial charge in [-0.3, -0.25) is 4.79 Å². The van der Waals surface area contributed by atoms with Gasteiger partial charge in [0.15, 0.2) is 0 Å². The van der Waals surface area contributed by atoms with Crippen LogP contribution in [0.25, 0.3) is 0 Å². The van der Waals surface area contributed by atoms with Crippen molar-refractivity contribution >= 4 is 5.91 Å². The fourth-order valence-corrected chi connectivity index (χ4v) is 4.37. The van der Waals surface area contributed by atoms with Crippen molar-refractivity contribution in [1.82, 2.24) is 10.2 Å². The van der Waals surface area contributed by atoms with Gasteiger partial charge >= 0.3 is 0 Å². The van der Waals surface area contributed by atoms with E-state index in [1.54, 1.807) is 0 Å². The summed E-state index contributed by atoms with van der Waals surface area (Å²) in [6.07, 6.45) is 11.7. The van der Waals surface area contributed by atoms with Crippen LogP contribution in [0.3, 0.4) is 0 Å². The van der Waals surface area contributed by atoms with Crippen LogP contribution in [0.1, 0.15) is 57.8 Å². The number of hydrogen-bond donors (Lipinski definition) is 1. The van der Waals surface area contributed by atoms with Crippen molar-refractivity contribution in [2.45, 2.75) is 69.9 Å². The summed E-state index contributed by atoms with van der Waals surface area (Å²) in [6, 6.07) is 1.35. The molecule has 0 aromatic heterocycles. The zero-order valence-electron chi connectivity index (χ0n) is 12.5. The van der Waals surface area contributed by atoms with E-state index in [1.165, 1.54) is 44.9 Å². The van der Waals surface area contributed by atoms with Crippen molar-refractivity contribution in [2.75, 3.05) is 13.1 Å². The van der Waals surface area contributed by atoms with Crippen molar-refractivity contribution in [3.63, 3.8) is 0 Å². The highest BCUT2D eigenvalue weighted by atomic mass is 16.2. The quantitative estimate of drug-likeness (QED) is 0.837. The third-order valence-corrected chi connectivity index (χ3v) is 5.89. The van der Waals surface area contributed by atoms with Gasteiger partial charge in [0, 0.05) is 31.1 Å². The molecule has 3 aliphatic carbocycles. The highest BCUT2D eigenvalue weighted by Gasteiger charge is 2.43. The number of carbonyl (C=O) groups excluding carboxylic acids is 1. The first-order valence-corrected chi connectivity index (χ1v) is 8.86. The second-order valence-electron chi connectivity index (χ2n) is 7.62. The maximum absolute atomic E-state index is 12.5. The average Bonchev–Trinajstić information content (AvgIpc) is 3.38. The first kappa shape index (κ1) is 13.1. The molecule has 4 aliphatic rings. The molecule has 1 amide bonds. The maximum Gasteiger partial charge on any atom is 0.225 e. The Balaban J connectivity index is 1.29. The van der Waals surface area contributed by atoms with E-state index in [0.717, 1.165) is 43.8 Å². The van der Waals surface area contributed by atoms with Crippen LogP contribution in [0, 0.1) is 17.8 Å². The van der Waals surface area contributed by atoms with Crippen LogP contribution in [0.2, 0.25) is 0 Å². The zero-order chi connectivity index (χ0) is 13.5. The Bertz CT molecular complexity index is 357. The molecule has 0 spiro atoms. The molecule has 1 saturated heterocycles. The first-order chi connectivity index (χ1) is 9.81. The van der Waals surface area contributed by atoms with Gasteiger partial charge in [-0.2, -0.15) is 0 Å². The summed E-state index contributed by atoms with van der Waals surface area (Å²) in [6.45, 7) is 1.97. The third kappa shape index (κ3) is 2.74. The smallest absolute Gasteiger partial charge is 0.225 e. The number of rotatable bonds is 5. The van der Waals surface area contributed by atoms with Crippen molar-refractivity contribution < 1.29 is 4.79 Å². The van der Waals surface area contributed by atoms with E-state index in [-0.39, 0.29) is 0 Å². The number of nitrogens with one attached hydrogen (secondary N) is 1. The van der Waals surface area contributed by atoms with Crippen LogP contribution in [0.15, 0.2) is 0 Å². The molecule has 1 heterocycles. The summed E-state index contributed by atoms with van der Waals surface area (Å²) >= 11 is 0. The number of nitrogens with zero attached hydrogens (tertiary/aromatic N) is 1. The Morgan fingerprint density at radius 2 is 1.60 bits per heavy atom. The molecule has 0 unspecified atom stereocenters. The maximum atomic E-state index is 12.5. The lowest BCUT2D eigenvalue weighted by molar-refractivity contribution is -0.134. The van der Waals surface area contributed by atoms with Crippen molar-refractivity contribution in [2.24, 2.45) is 17.8 Å². The second-order valence-corrected chi connectivity index (χ2v) is 7.62. The molecule has 1 N–H and O–H groups in total. The highest BCUT2D eigenvalue weighted by molar-refractivity contribution is 5.79. The van der Waals surface area contributed by atoms with Crippen molar-refractivity contribution in [3.05, 3.63) is 0 Å². The molecular weight excluding hydrogens is 248 g/mol. The molecule has 0 radical (unpaired) electrons. The highest BCUT2D eigenvalue weighted by Crippen LogP contribution is 2.45. The van der Waals surface area contributed by atoms with Crippen LogP contribution in [0.5, 0.6) is 0 Å². The molecule has 1 atom stereocenters. The molecular formula is C17H28N2O. The molecule has 3 nitrogen and oxygen atoms in total. The molecule has 20 heavy (non-hydrogen) atoms. The topological polar surface area (TPSA) is 32.3 Å². The fourth-order valence-electron chi connectivity index (χ4n) is 4.37. The SMILES string of the molecule is O=C(C1CCCC1)N1CC[C@H](NC(C2CC2)C2CC2)C1. The summed E-state index contributed by atoms with van der Waals surface area (Å²) in [5.41, 5.74) is 0. The monoisotopic (exact) mass is 276 g/mol. The lowest BCUT2D eigenvalue weighted by Gasteiger charge is -2.24. The average molecular weight is 276 g/mol. The molecule has 3 saturated carbocycles. The van der Waals surface area contributed by atoms with E-state index in [4.69, 9.17) is 0 Å². The number of likely N-dealkylation sites (tertiary alicyclic amines) is 1. The summed E-state index contributed by atoms with van der Waals surface area (Å²) in [5, 5.41) is 3.92. The summed E-state index contributed by atoms with van der Waals surface area (Å²) in [4.78, 5) is 14.6. The standard InChI is InChI=1S/C17H28N2O/c20-17(14-3-1-2-4-14)19-10-9-15(11-19)18-16(12-5-6-12)13-7-8-13/h12-16,18H,1-11H2/t15-/m0/s1. The van der Waals surface area contributed by atoms with Gasteiger partial charge in [-0.15, -0.1) is 0 Å². The summed E-state index contributed by atoms with van der Waals surface area (Å²) < 4.78 is 0. The van der Waals surface area contributed by atoms with E-state index in [2.05, 4.69) is 10.2 Å². The number of carbonyl (C=O) groups is 1. The second kappa shape index (κ2) is 5.32. The van der Waals surface area contributed by atoms with Crippen LogP contribution in [-0.4, -0.2) is 36.0 Å². The van der Waals surface area contributed by atoms with Crippen LogP contribution in [0.4, 0.5) is 0 Å². The lowest BCUT2D eigenvalue weighted by atomic mass is 10.1. The Morgan fingerprint density at radius 3 is 2.20 bits per heavy atom. The Kier molecular flexibility index (Phi) is 3.49. The molecule has 3 heteroatoms. The van der Waals surface area contributed by atoms with Crippen molar-refractivity contribution in [1.29, 1.82) is 0 Å². The zero-order valence-corrected chi connectivity index (χ0v) is 12.5. The van der Waals surface area contributed by atoms with Gasteiger partial charge < -0.3 is 10.2 Å². The number of hydrogen-bond acceptors (Lipinski definition) is 2. The van der Waals surface area contributed by atoms with E-state index >= 15 is 0 Å². The van der Waals surface area contributed by atoms with Gasteiger partial charge in [0.2, 0.25) is 5.91 Å². The molecule has 1 aliphatic heterocycles. The van der Waals surface area contributed by atoms with E-state index < -0.39 is 0 Å². The normalized spacial score (nSPS) is 31.4. The minimum absolute atomic E-state index is 0.358. The molecule has 0 aromatic rings. The van der Waals surface area contributed by atoms with Crippen molar-refractivity contribution in [3.8, 4) is 0 Å². The van der Waals surface area contributed by atoms with Gasteiger partial charge in [-0.05, 0) is 56.8 Å². The molecule has 0 bridgehead atoms. The largest absolute Gasteiger partial charge is 0.341 e. The molecule has 4 rings (SSSR count). The van der Waals surface area contributed by atoms with Gasteiger partial charge in [0.25, 0.3) is 0 Å². The molecule has 112 valence electrons. The van der Waals surface area contributed by atoms with Gasteiger partial charge in [-0.1, -0.05) is 12.8 Å². The fraction of sp³-hybridized carbons (Fsp3) is 0.941. The minimum Gasteiger partial charge on any atom is -0.341 e. The third-order valence-electron chi connectivity index (χ3n) is 5.89. The van der Waals surface area contributed by atoms with Gasteiger partial charge in [-0.25, -0.2) is 0 Å².